The third kappa shape index (κ3) is 3.69. The second-order valence-electron chi connectivity index (χ2n) is 7.51. The van der Waals surface area contributed by atoms with Crippen LogP contribution in [-0.2, 0) is 4.79 Å². The Labute approximate surface area is 155 Å². The second-order valence-corrected chi connectivity index (χ2v) is 7.51. The van der Waals surface area contributed by atoms with Gasteiger partial charge in [-0.3, -0.25) is 4.79 Å². The molecular formula is C20H28N4O2. The Kier molecular flexibility index (Phi) is 5.20. The van der Waals surface area contributed by atoms with Crippen molar-refractivity contribution in [2.45, 2.75) is 38.8 Å². The Hall–Kier alpha value is -2.50. The van der Waals surface area contributed by atoms with Crippen molar-refractivity contribution in [2.24, 2.45) is 0 Å². The molecule has 6 nitrogen and oxygen atoms in total. The topological polar surface area (TPSA) is 50.6 Å². The van der Waals surface area contributed by atoms with Crippen molar-refractivity contribution >= 4 is 11.6 Å². The average molecular weight is 356 g/mol. The van der Waals surface area contributed by atoms with Crippen LogP contribution < -0.4 is 9.64 Å². The number of imidazole rings is 1. The summed E-state index contributed by atoms with van der Waals surface area (Å²) in [5, 5.41) is 0. The Morgan fingerprint density at radius 3 is 2.73 bits per heavy atom. The molecular weight excluding hydrogens is 328 g/mol. The molecule has 0 N–H and O–H groups in total. The van der Waals surface area contributed by atoms with Gasteiger partial charge < -0.3 is 19.1 Å². The van der Waals surface area contributed by atoms with Crippen molar-refractivity contribution in [3.05, 3.63) is 43.0 Å². The SMILES string of the molecule is COc1ccccc1N1CCN(C(=O)CC(C)n2ccnc2)CC1(C)C. The van der Waals surface area contributed by atoms with Crippen LogP contribution in [0, 0.1) is 0 Å². The van der Waals surface area contributed by atoms with E-state index in [2.05, 4.69) is 36.7 Å². The van der Waals surface area contributed by atoms with Crippen LogP contribution in [-0.4, -0.2) is 52.6 Å². The van der Waals surface area contributed by atoms with E-state index in [-0.39, 0.29) is 17.5 Å². The first-order chi connectivity index (χ1) is 12.4. The fraction of sp³-hybridized carbons (Fsp3) is 0.500. The molecule has 1 atom stereocenters. The van der Waals surface area contributed by atoms with Crippen molar-refractivity contribution < 1.29 is 9.53 Å². The number of anilines is 1. The summed E-state index contributed by atoms with van der Waals surface area (Å²) in [5.41, 5.74) is 0.916. The fourth-order valence-corrected chi connectivity index (χ4v) is 3.68. The van der Waals surface area contributed by atoms with Gasteiger partial charge >= 0.3 is 0 Å². The molecule has 1 aromatic heterocycles. The Morgan fingerprint density at radius 1 is 1.31 bits per heavy atom. The molecule has 6 heteroatoms. The molecule has 0 spiro atoms. The van der Waals surface area contributed by atoms with E-state index in [0.29, 0.717) is 13.0 Å². The molecule has 0 radical (unpaired) electrons. The molecule has 140 valence electrons. The molecule has 1 saturated heterocycles. The van der Waals surface area contributed by atoms with Crippen molar-refractivity contribution in [3.63, 3.8) is 0 Å². The van der Waals surface area contributed by atoms with Gasteiger partial charge in [-0.25, -0.2) is 4.98 Å². The molecule has 2 heterocycles. The van der Waals surface area contributed by atoms with Crippen molar-refractivity contribution in [2.75, 3.05) is 31.6 Å². The summed E-state index contributed by atoms with van der Waals surface area (Å²) >= 11 is 0. The van der Waals surface area contributed by atoms with Gasteiger partial charge in [-0.1, -0.05) is 12.1 Å². The minimum absolute atomic E-state index is 0.111. The highest BCUT2D eigenvalue weighted by atomic mass is 16.5. The molecule has 1 aromatic carbocycles. The summed E-state index contributed by atoms with van der Waals surface area (Å²) < 4.78 is 7.51. The maximum Gasteiger partial charge on any atom is 0.224 e. The molecule has 3 rings (SSSR count). The number of hydrogen-bond donors (Lipinski definition) is 0. The first-order valence-electron chi connectivity index (χ1n) is 9.08. The summed E-state index contributed by atoms with van der Waals surface area (Å²) in [7, 11) is 1.70. The number of benzene rings is 1. The predicted molar refractivity (Wildman–Crippen MR) is 103 cm³/mol. The number of rotatable bonds is 5. The highest BCUT2D eigenvalue weighted by Crippen LogP contribution is 2.35. The van der Waals surface area contributed by atoms with E-state index in [1.54, 1.807) is 19.6 Å². The van der Waals surface area contributed by atoms with Crippen LogP contribution in [0.15, 0.2) is 43.0 Å². The average Bonchev–Trinajstić information content (AvgIpc) is 3.15. The lowest BCUT2D eigenvalue weighted by molar-refractivity contribution is -0.133. The minimum Gasteiger partial charge on any atom is -0.495 e. The molecule has 0 aliphatic carbocycles. The van der Waals surface area contributed by atoms with E-state index < -0.39 is 0 Å². The number of piperazine rings is 1. The fourth-order valence-electron chi connectivity index (χ4n) is 3.68. The molecule has 1 aliphatic rings. The van der Waals surface area contributed by atoms with Crippen LogP contribution in [0.5, 0.6) is 5.75 Å². The number of aromatic nitrogens is 2. The van der Waals surface area contributed by atoms with Gasteiger partial charge in [0.15, 0.2) is 0 Å². The van der Waals surface area contributed by atoms with Crippen LogP contribution in [0.4, 0.5) is 5.69 Å². The summed E-state index contributed by atoms with van der Waals surface area (Å²) in [6, 6.07) is 8.18. The summed E-state index contributed by atoms with van der Waals surface area (Å²) in [4.78, 5) is 21.2. The standard InChI is InChI=1S/C20H28N4O2/c1-16(23-10-9-21-15-23)13-19(25)22-11-12-24(20(2,3)14-22)17-7-5-6-8-18(17)26-4/h5-10,15-16H,11-14H2,1-4H3. The molecule has 1 unspecified atom stereocenters. The molecule has 0 bridgehead atoms. The third-order valence-corrected chi connectivity index (χ3v) is 5.13. The van der Waals surface area contributed by atoms with Gasteiger partial charge in [0.05, 0.1) is 24.7 Å². The number of carbonyl (C=O) groups excluding carboxylic acids is 1. The second kappa shape index (κ2) is 7.40. The number of methoxy groups -OCH3 is 1. The number of hydrogen-bond acceptors (Lipinski definition) is 4. The molecule has 2 aromatic rings. The van der Waals surface area contributed by atoms with Crippen molar-refractivity contribution in [3.8, 4) is 5.75 Å². The quantitative estimate of drug-likeness (QED) is 0.826. The van der Waals surface area contributed by atoms with Gasteiger partial charge in [0.2, 0.25) is 5.91 Å². The van der Waals surface area contributed by atoms with Gasteiger partial charge in [0.1, 0.15) is 5.75 Å². The maximum absolute atomic E-state index is 12.8. The Balaban J connectivity index is 1.69. The zero-order valence-electron chi connectivity index (χ0n) is 16.1. The monoisotopic (exact) mass is 356 g/mol. The number of nitrogens with zero attached hydrogens (tertiary/aromatic N) is 4. The Bertz CT molecular complexity index is 742. The highest BCUT2D eigenvalue weighted by Gasteiger charge is 2.36. The predicted octanol–water partition coefficient (Wildman–Crippen LogP) is 2.97. The number of para-hydroxylation sites is 2. The van der Waals surface area contributed by atoms with Crippen LogP contribution in [0.2, 0.25) is 0 Å². The lowest BCUT2D eigenvalue weighted by Crippen LogP contribution is -2.60. The number of ether oxygens (including phenoxy) is 1. The van der Waals surface area contributed by atoms with Crippen LogP contribution in [0.25, 0.3) is 0 Å². The highest BCUT2D eigenvalue weighted by molar-refractivity contribution is 5.77. The van der Waals surface area contributed by atoms with Crippen LogP contribution in [0.3, 0.4) is 0 Å². The largest absolute Gasteiger partial charge is 0.495 e. The zero-order valence-corrected chi connectivity index (χ0v) is 16.1. The van der Waals surface area contributed by atoms with Gasteiger partial charge in [0, 0.05) is 44.5 Å². The van der Waals surface area contributed by atoms with Crippen LogP contribution >= 0.6 is 0 Å². The summed E-state index contributed by atoms with van der Waals surface area (Å²) in [5.74, 6) is 1.06. The summed E-state index contributed by atoms with van der Waals surface area (Å²) in [6.07, 6.45) is 5.90. The van der Waals surface area contributed by atoms with Crippen LogP contribution in [0.1, 0.15) is 33.2 Å². The van der Waals surface area contributed by atoms with Crippen molar-refractivity contribution in [1.29, 1.82) is 0 Å². The van der Waals surface area contributed by atoms with Gasteiger partial charge in [0.25, 0.3) is 0 Å². The molecule has 0 saturated carbocycles. The lowest BCUT2D eigenvalue weighted by atomic mass is 9.97. The van der Waals surface area contributed by atoms with Crippen molar-refractivity contribution in [1.82, 2.24) is 14.5 Å². The maximum atomic E-state index is 12.8. The van der Waals surface area contributed by atoms with E-state index in [1.807, 2.05) is 33.9 Å². The van der Waals surface area contributed by atoms with Gasteiger partial charge in [-0.05, 0) is 32.9 Å². The molecule has 1 amide bonds. The van der Waals surface area contributed by atoms with Gasteiger partial charge in [-0.15, -0.1) is 0 Å². The summed E-state index contributed by atoms with van der Waals surface area (Å²) in [6.45, 7) is 8.61. The molecule has 26 heavy (non-hydrogen) atoms. The number of amides is 1. The first kappa shape index (κ1) is 18.3. The minimum atomic E-state index is -0.166. The first-order valence-corrected chi connectivity index (χ1v) is 9.08. The zero-order chi connectivity index (χ0) is 18.7. The Morgan fingerprint density at radius 2 is 2.08 bits per heavy atom. The van der Waals surface area contributed by atoms with E-state index in [1.165, 1.54) is 0 Å². The van der Waals surface area contributed by atoms with E-state index in [9.17, 15) is 4.79 Å². The van der Waals surface area contributed by atoms with E-state index >= 15 is 0 Å². The molecule has 1 fully saturated rings. The third-order valence-electron chi connectivity index (χ3n) is 5.13. The van der Waals surface area contributed by atoms with E-state index in [4.69, 9.17) is 4.74 Å². The smallest absolute Gasteiger partial charge is 0.224 e. The van der Waals surface area contributed by atoms with E-state index in [0.717, 1.165) is 24.5 Å². The number of carbonyl (C=O) groups is 1. The normalized spacial score (nSPS) is 17.8. The van der Waals surface area contributed by atoms with Gasteiger partial charge in [-0.2, -0.15) is 0 Å². The lowest BCUT2D eigenvalue weighted by Gasteiger charge is -2.48. The molecule has 1 aliphatic heterocycles.